The molecular formula is C21H18N2O4S. The average molecular weight is 394 g/mol. The van der Waals surface area contributed by atoms with Gasteiger partial charge in [-0.15, -0.1) is 11.3 Å². The van der Waals surface area contributed by atoms with Crippen LogP contribution in [0, 0.1) is 0 Å². The van der Waals surface area contributed by atoms with E-state index in [1.54, 1.807) is 6.07 Å². The van der Waals surface area contributed by atoms with Crippen molar-refractivity contribution in [1.29, 1.82) is 0 Å². The standard InChI is InChI=1S/C21H18N2O4S/c1-27-21(26)23-19(25)17-15-10-5-11-16(15)28-20(17)22-18(24)14-9-4-7-12-6-2-3-8-13(12)14/h2-4,6-9H,5,10-11H2,1H3,(H,22,24)(H,23,25,26). The zero-order valence-electron chi connectivity index (χ0n) is 15.2. The first-order valence-electron chi connectivity index (χ1n) is 8.91. The van der Waals surface area contributed by atoms with Crippen molar-refractivity contribution >= 4 is 45.0 Å². The summed E-state index contributed by atoms with van der Waals surface area (Å²) in [6.45, 7) is 0. The number of methoxy groups -OCH3 is 1. The SMILES string of the molecule is COC(=O)NC(=O)c1c(NC(=O)c2cccc3ccccc23)sc2c1CCC2. The van der Waals surface area contributed by atoms with E-state index in [-0.39, 0.29) is 5.91 Å². The van der Waals surface area contributed by atoms with Crippen molar-refractivity contribution in [3.8, 4) is 0 Å². The number of carbonyl (C=O) groups excluding carboxylic acids is 3. The molecule has 0 aliphatic heterocycles. The smallest absolute Gasteiger partial charge is 0.413 e. The van der Waals surface area contributed by atoms with Crippen LogP contribution in [0.4, 0.5) is 9.80 Å². The van der Waals surface area contributed by atoms with E-state index in [1.165, 1.54) is 18.4 Å². The van der Waals surface area contributed by atoms with Gasteiger partial charge in [-0.2, -0.15) is 0 Å². The van der Waals surface area contributed by atoms with E-state index in [9.17, 15) is 14.4 Å². The quantitative estimate of drug-likeness (QED) is 0.699. The van der Waals surface area contributed by atoms with Crippen molar-refractivity contribution in [2.24, 2.45) is 0 Å². The second kappa shape index (κ2) is 7.44. The summed E-state index contributed by atoms with van der Waals surface area (Å²) in [6, 6.07) is 13.2. The maximum absolute atomic E-state index is 13.0. The zero-order valence-corrected chi connectivity index (χ0v) is 16.0. The van der Waals surface area contributed by atoms with Crippen LogP contribution in [0.2, 0.25) is 0 Å². The van der Waals surface area contributed by atoms with E-state index in [1.807, 2.05) is 36.4 Å². The average Bonchev–Trinajstić information content (AvgIpc) is 3.27. The zero-order chi connectivity index (χ0) is 19.7. The van der Waals surface area contributed by atoms with Crippen LogP contribution in [0.1, 0.15) is 37.6 Å². The summed E-state index contributed by atoms with van der Waals surface area (Å²) in [4.78, 5) is 38.2. The Bertz CT molecular complexity index is 1100. The number of aryl methyl sites for hydroxylation is 1. The Balaban J connectivity index is 1.69. The van der Waals surface area contributed by atoms with Crippen molar-refractivity contribution in [2.45, 2.75) is 19.3 Å². The van der Waals surface area contributed by atoms with Crippen molar-refractivity contribution in [2.75, 3.05) is 12.4 Å². The third-order valence-corrected chi connectivity index (χ3v) is 6.02. The summed E-state index contributed by atoms with van der Waals surface area (Å²) in [7, 11) is 1.20. The molecule has 3 aromatic rings. The first-order chi connectivity index (χ1) is 13.6. The van der Waals surface area contributed by atoms with Gasteiger partial charge in [0.15, 0.2) is 0 Å². The lowest BCUT2D eigenvalue weighted by Crippen LogP contribution is -2.31. The highest BCUT2D eigenvalue weighted by Crippen LogP contribution is 2.39. The third-order valence-electron chi connectivity index (χ3n) is 4.81. The molecular weight excluding hydrogens is 376 g/mol. The second-order valence-corrected chi connectivity index (χ2v) is 7.59. The number of rotatable bonds is 3. The fraction of sp³-hybridized carbons (Fsp3) is 0.190. The molecule has 7 heteroatoms. The molecule has 4 rings (SSSR count). The molecule has 28 heavy (non-hydrogen) atoms. The number of hydrogen-bond donors (Lipinski definition) is 2. The number of amides is 3. The predicted molar refractivity (Wildman–Crippen MR) is 108 cm³/mol. The van der Waals surface area contributed by atoms with Gasteiger partial charge >= 0.3 is 6.09 Å². The highest BCUT2D eigenvalue weighted by atomic mass is 32.1. The molecule has 1 aliphatic rings. The van der Waals surface area contributed by atoms with Crippen LogP contribution in [-0.2, 0) is 17.6 Å². The van der Waals surface area contributed by atoms with Gasteiger partial charge < -0.3 is 10.1 Å². The molecule has 6 nitrogen and oxygen atoms in total. The van der Waals surface area contributed by atoms with Crippen molar-refractivity contribution in [1.82, 2.24) is 5.32 Å². The second-order valence-electron chi connectivity index (χ2n) is 6.49. The first kappa shape index (κ1) is 18.2. The van der Waals surface area contributed by atoms with Gasteiger partial charge in [0.2, 0.25) is 0 Å². The molecule has 0 bridgehead atoms. The Morgan fingerprint density at radius 3 is 2.61 bits per heavy atom. The predicted octanol–water partition coefficient (Wildman–Crippen LogP) is 4.14. The van der Waals surface area contributed by atoms with Crippen LogP contribution < -0.4 is 10.6 Å². The Hall–Kier alpha value is -3.19. The highest BCUT2D eigenvalue weighted by molar-refractivity contribution is 7.17. The van der Waals surface area contributed by atoms with Crippen LogP contribution in [0.15, 0.2) is 42.5 Å². The number of nitrogens with one attached hydrogen (secondary N) is 2. The lowest BCUT2D eigenvalue weighted by Gasteiger charge is -2.10. The number of thiophene rings is 1. The van der Waals surface area contributed by atoms with Gasteiger partial charge in [-0.3, -0.25) is 14.9 Å². The number of alkyl carbamates (subject to hydrolysis) is 1. The Morgan fingerprint density at radius 1 is 1.00 bits per heavy atom. The van der Waals surface area contributed by atoms with E-state index < -0.39 is 12.0 Å². The monoisotopic (exact) mass is 394 g/mol. The molecule has 3 amide bonds. The minimum absolute atomic E-state index is 0.288. The largest absolute Gasteiger partial charge is 0.453 e. The van der Waals surface area contributed by atoms with E-state index in [2.05, 4.69) is 15.4 Å². The maximum Gasteiger partial charge on any atom is 0.413 e. The molecule has 2 N–H and O–H groups in total. The summed E-state index contributed by atoms with van der Waals surface area (Å²) in [5.41, 5.74) is 1.79. The number of ether oxygens (including phenoxy) is 1. The van der Waals surface area contributed by atoms with E-state index in [0.717, 1.165) is 40.5 Å². The van der Waals surface area contributed by atoms with Crippen LogP contribution in [0.3, 0.4) is 0 Å². The molecule has 0 saturated carbocycles. The lowest BCUT2D eigenvalue weighted by atomic mass is 10.0. The molecule has 0 saturated heterocycles. The molecule has 1 aliphatic carbocycles. The van der Waals surface area contributed by atoms with Gasteiger partial charge in [0.25, 0.3) is 11.8 Å². The molecule has 0 spiro atoms. The van der Waals surface area contributed by atoms with Crippen LogP contribution >= 0.6 is 11.3 Å². The number of hydrogen-bond acceptors (Lipinski definition) is 5. The van der Waals surface area contributed by atoms with Gasteiger partial charge in [0.1, 0.15) is 5.00 Å². The van der Waals surface area contributed by atoms with Crippen molar-refractivity contribution in [3.63, 3.8) is 0 Å². The number of imide groups is 1. The minimum atomic E-state index is -0.825. The Labute approximate surface area is 165 Å². The summed E-state index contributed by atoms with van der Waals surface area (Å²) < 4.78 is 4.52. The van der Waals surface area contributed by atoms with Gasteiger partial charge in [-0.1, -0.05) is 36.4 Å². The Morgan fingerprint density at radius 2 is 1.79 bits per heavy atom. The lowest BCUT2D eigenvalue weighted by molar-refractivity contribution is 0.0937. The number of benzene rings is 2. The molecule has 0 fully saturated rings. The molecule has 142 valence electrons. The Kier molecular flexibility index (Phi) is 4.83. The van der Waals surface area contributed by atoms with E-state index in [4.69, 9.17) is 0 Å². The van der Waals surface area contributed by atoms with E-state index >= 15 is 0 Å². The summed E-state index contributed by atoms with van der Waals surface area (Å²) >= 11 is 1.40. The summed E-state index contributed by atoms with van der Waals surface area (Å²) in [5.74, 6) is -0.844. The first-order valence-corrected chi connectivity index (χ1v) is 9.73. The fourth-order valence-electron chi connectivity index (χ4n) is 3.53. The third kappa shape index (κ3) is 3.25. The minimum Gasteiger partial charge on any atom is -0.453 e. The van der Waals surface area contributed by atoms with Gasteiger partial charge in [0, 0.05) is 10.4 Å². The number of fused-ring (bicyclic) bond motifs is 2. The summed E-state index contributed by atoms with van der Waals surface area (Å²) in [5, 5.41) is 7.35. The van der Waals surface area contributed by atoms with Crippen LogP contribution in [0.25, 0.3) is 10.8 Å². The molecule has 1 heterocycles. The van der Waals surface area contributed by atoms with Gasteiger partial charge in [-0.05, 0) is 41.7 Å². The van der Waals surface area contributed by atoms with Crippen LogP contribution in [0.5, 0.6) is 0 Å². The number of anilines is 1. The maximum atomic E-state index is 13.0. The molecule has 0 atom stereocenters. The normalized spacial score (nSPS) is 12.5. The topological polar surface area (TPSA) is 84.5 Å². The number of carbonyl (C=O) groups is 3. The van der Waals surface area contributed by atoms with E-state index in [0.29, 0.717) is 16.1 Å². The molecule has 1 aromatic heterocycles. The van der Waals surface area contributed by atoms with Crippen LogP contribution in [-0.4, -0.2) is 25.0 Å². The van der Waals surface area contributed by atoms with Crippen molar-refractivity contribution < 1.29 is 19.1 Å². The molecule has 0 unspecified atom stereocenters. The highest BCUT2D eigenvalue weighted by Gasteiger charge is 2.28. The fourth-order valence-corrected chi connectivity index (χ4v) is 4.81. The summed E-state index contributed by atoms with van der Waals surface area (Å²) in [6.07, 6.45) is 1.74. The molecule has 0 radical (unpaired) electrons. The molecule has 2 aromatic carbocycles. The van der Waals surface area contributed by atoms with Gasteiger partial charge in [0.05, 0.1) is 12.7 Å². The van der Waals surface area contributed by atoms with Crippen molar-refractivity contribution in [3.05, 3.63) is 64.0 Å². The van der Waals surface area contributed by atoms with Gasteiger partial charge in [-0.25, -0.2) is 4.79 Å².